The van der Waals surface area contributed by atoms with Gasteiger partial charge in [-0.2, -0.15) is 0 Å². The van der Waals surface area contributed by atoms with Crippen LogP contribution in [0.4, 0.5) is 4.79 Å². The molecule has 1 aliphatic heterocycles. The molecule has 1 fully saturated rings. The third-order valence-corrected chi connectivity index (χ3v) is 3.16. The van der Waals surface area contributed by atoms with Crippen molar-refractivity contribution in [3.05, 3.63) is 0 Å². The quantitative estimate of drug-likeness (QED) is 0.476. The summed E-state index contributed by atoms with van der Waals surface area (Å²) in [5.41, 5.74) is 0. The van der Waals surface area contributed by atoms with Crippen molar-refractivity contribution in [2.75, 3.05) is 19.3 Å². The van der Waals surface area contributed by atoms with Crippen LogP contribution in [0.1, 0.15) is 13.3 Å². The van der Waals surface area contributed by atoms with Crippen molar-refractivity contribution in [3.8, 4) is 0 Å². The Morgan fingerprint density at radius 2 is 1.94 bits per heavy atom. The van der Waals surface area contributed by atoms with Gasteiger partial charge in [0, 0.05) is 13.1 Å². The van der Waals surface area contributed by atoms with Crippen LogP contribution in [0, 0.1) is 5.92 Å². The molecule has 18 heavy (non-hydrogen) atoms. The highest BCUT2D eigenvalue weighted by molar-refractivity contribution is 7.88. The number of urea groups is 1. The zero-order valence-electron chi connectivity index (χ0n) is 10.1. The van der Waals surface area contributed by atoms with Crippen LogP contribution in [0.15, 0.2) is 0 Å². The minimum atomic E-state index is -3.28. The van der Waals surface area contributed by atoms with E-state index in [0.29, 0.717) is 0 Å². The number of hydrogen-bond acceptors (Lipinski definition) is 5. The lowest BCUT2D eigenvalue weighted by molar-refractivity contribution is -0.141. The second-order valence-corrected chi connectivity index (χ2v) is 5.86. The number of sulfonamides is 1. The molecule has 0 aromatic carbocycles. The van der Waals surface area contributed by atoms with E-state index in [1.54, 1.807) is 0 Å². The number of hydrogen-bond donors (Lipinski definition) is 2. The Labute approximate surface area is 105 Å². The lowest BCUT2D eigenvalue weighted by atomic mass is 10.1. The van der Waals surface area contributed by atoms with Crippen LogP contribution < -0.4 is 10.0 Å². The second-order valence-electron chi connectivity index (χ2n) is 4.03. The molecular weight excluding hydrogens is 262 g/mol. The van der Waals surface area contributed by atoms with E-state index < -0.39 is 33.8 Å². The number of rotatable bonds is 5. The van der Waals surface area contributed by atoms with E-state index in [2.05, 4.69) is 10.0 Å². The topological polar surface area (TPSA) is 113 Å². The van der Waals surface area contributed by atoms with Gasteiger partial charge in [-0.3, -0.25) is 19.8 Å². The smallest absolute Gasteiger partial charge is 0.277 e. The monoisotopic (exact) mass is 277 g/mol. The van der Waals surface area contributed by atoms with E-state index in [1.165, 1.54) is 6.92 Å². The third-order valence-electron chi connectivity index (χ3n) is 2.43. The molecular formula is C9H15N3O5S. The van der Waals surface area contributed by atoms with Gasteiger partial charge in [-0.15, -0.1) is 0 Å². The Kier molecular flexibility index (Phi) is 4.41. The Hall–Kier alpha value is -1.48. The fourth-order valence-electron chi connectivity index (χ4n) is 1.43. The van der Waals surface area contributed by atoms with Gasteiger partial charge in [-0.1, -0.05) is 0 Å². The van der Waals surface area contributed by atoms with Crippen LogP contribution in [0.2, 0.25) is 0 Å². The molecule has 1 unspecified atom stereocenters. The van der Waals surface area contributed by atoms with Crippen LogP contribution in [0.3, 0.4) is 0 Å². The summed E-state index contributed by atoms with van der Waals surface area (Å²) in [6.07, 6.45) is 1.31. The molecule has 0 radical (unpaired) electrons. The fraction of sp³-hybridized carbons (Fsp3) is 0.667. The average Bonchev–Trinajstić information content (AvgIpc) is 2.23. The molecule has 1 heterocycles. The lowest BCUT2D eigenvalue weighted by Crippen LogP contribution is -2.57. The Morgan fingerprint density at radius 1 is 1.33 bits per heavy atom. The highest BCUT2D eigenvalue weighted by Crippen LogP contribution is 2.09. The number of amides is 4. The van der Waals surface area contributed by atoms with Gasteiger partial charge in [0.1, 0.15) is 5.92 Å². The largest absolute Gasteiger partial charge is 0.330 e. The first-order valence-corrected chi connectivity index (χ1v) is 7.22. The Bertz CT molecular complexity index is 473. The molecule has 0 aromatic heterocycles. The first kappa shape index (κ1) is 14.6. The minimum Gasteiger partial charge on any atom is -0.277 e. The number of carbonyl (C=O) groups excluding carboxylic acids is 3. The number of nitrogens with one attached hydrogen (secondary N) is 2. The van der Waals surface area contributed by atoms with Crippen molar-refractivity contribution in [1.29, 1.82) is 0 Å². The summed E-state index contributed by atoms with van der Waals surface area (Å²) < 4.78 is 23.8. The zero-order chi connectivity index (χ0) is 13.9. The van der Waals surface area contributed by atoms with Crippen LogP contribution in [0.5, 0.6) is 0 Å². The molecule has 0 spiro atoms. The molecule has 0 aromatic rings. The zero-order valence-corrected chi connectivity index (χ0v) is 10.9. The average molecular weight is 277 g/mol. The summed E-state index contributed by atoms with van der Waals surface area (Å²) in [7, 11) is -3.28. The maximum atomic E-state index is 11.6. The molecule has 2 N–H and O–H groups in total. The number of imide groups is 2. The second kappa shape index (κ2) is 5.44. The summed E-state index contributed by atoms with van der Waals surface area (Å²) >= 11 is 0. The molecule has 0 bridgehead atoms. The van der Waals surface area contributed by atoms with Crippen LogP contribution >= 0.6 is 0 Å². The Balaban J connectivity index is 2.49. The maximum Gasteiger partial charge on any atom is 0.330 e. The predicted octanol–water partition coefficient (Wildman–Crippen LogP) is -1.36. The van der Waals surface area contributed by atoms with E-state index in [-0.39, 0.29) is 19.5 Å². The van der Waals surface area contributed by atoms with Gasteiger partial charge in [0.15, 0.2) is 0 Å². The van der Waals surface area contributed by atoms with Gasteiger partial charge < -0.3 is 0 Å². The van der Waals surface area contributed by atoms with Gasteiger partial charge in [-0.05, 0) is 13.3 Å². The van der Waals surface area contributed by atoms with Crippen LogP contribution in [-0.4, -0.2) is 50.5 Å². The minimum absolute atomic E-state index is 0.0603. The van der Waals surface area contributed by atoms with Gasteiger partial charge >= 0.3 is 6.03 Å². The fourth-order valence-corrected chi connectivity index (χ4v) is 1.95. The Morgan fingerprint density at radius 3 is 2.50 bits per heavy atom. The molecule has 1 saturated heterocycles. The summed E-state index contributed by atoms with van der Waals surface area (Å²) in [5, 5.41) is 2.06. The van der Waals surface area contributed by atoms with E-state index in [1.807, 2.05) is 0 Å². The van der Waals surface area contributed by atoms with Crippen molar-refractivity contribution >= 4 is 27.9 Å². The normalized spacial score (nSPS) is 21.1. The van der Waals surface area contributed by atoms with Gasteiger partial charge in [-0.25, -0.2) is 17.9 Å². The van der Waals surface area contributed by atoms with E-state index in [4.69, 9.17) is 0 Å². The van der Waals surface area contributed by atoms with Crippen molar-refractivity contribution in [3.63, 3.8) is 0 Å². The van der Waals surface area contributed by atoms with Crippen LogP contribution in [-0.2, 0) is 19.6 Å². The summed E-state index contributed by atoms with van der Waals surface area (Å²) in [4.78, 5) is 35.1. The molecule has 102 valence electrons. The molecule has 9 heteroatoms. The number of barbiturate groups is 1. The van der Waals surface area contributed by atoms with E-state index in [0.717, 1.165) is 11.2 Å². The molecule has 8 nitrogen and oxygen atoms in total. The molecule has 1 atom stereocenters. The van der Waals surface area contributed by atoms with Crippen molar-refractivity contribution in [2.45, 2.75) is 13.3 Å². The molecule has 1 rings (SSSR count). The van der Waals surface area contributed by atoms with Crippen LogP contribution in [0.25, 0.3) is 0 Å². The number of nitrogens with zero attached hydrogens (tertiary/aromatic N) is 1. The lowest BCUT2D eigenvalue weighted by Gasteiger charge is -2.28. The van der Waals surface area contributed by atoms with Gasteiger partial charge in [0.2, 0.25) is 21.8 Å². The highest BCUT2D eigenvalue weighted by atomic mass is 32.2. The first-order valence-electron chi connectivity index (χ1n) is 5.33. The van der Waals surface area contributed by atoms with Crippen molar-refractivity contribution < 1.29 is 22.8 Å². The summed E-state index contributed by atoms with van der Waals surface area (Å²) in [6, 6.07) is -0.762. The maximum absolute atomic E-state index is 11.6. The summed E-state index contributed by atoms with van der Waals surface area (Å²) in [5.74, 6) is -2.08. The molecule has 1 aliphatic rings. The van der Waals surface area contributed by atoms with E-state index >= 15 is 0 Å². The van der Waals surface area contributed by atoms with Crippen molar-refractivity contribution in [1.82, 2.24) is 14.9 Å². The molecule has 4 amide bonds. The molecule has 0 aliphatic carbocycles. The van der Waals surface area contributed by atoms with E-state index in [9.17, 15) is 22.8 Å². The SMILES string of the molecule is CC1C(=O)NC(=O)N(CCCNS(C)(=O)=O)C1=O. The third kappa shape index (κ3) is 3.77. The standard InChI is InChI=1S/C9H15N3O5S/c1-6-7(13)11-9(15)12(8(6)14)5-3-4-10-18(2,16)17/h6,10H,3-5H2,1-2H3,(H,11,13,15). The van der Waals surface area contributed by atoms with Crippen molar-refractivity contribution in [2.24, 2.45) is 5.92 Å². The summed E-state index contributed by atoms with van der Waals surface area (Å²) in [6.45, 7) is 1.59. The van der Waals surface area contributed by atoms with Gasteiger partial charge in [0.25, 0.3) is 0 Å². The first-order chi connectivity index (χ1) is 8.22. The molecule has 0 saturated carbocycles. The number of carbonyl (C=O) groups is 3. The van der Waals surface area contributed by atoms with Gasteiger partial charge in [0.05, 0.1) is 6.26 Å². The highest BCUT2D eigenvalue weighted by Gasteiger charge is 2.36. The predicted molar refractivity (Wildman–Crippen MR) is 61.9 cm³/mol.